The minimum Gasteiger partial charge on any atom is -0.353 e. The van der Waals surface area contributed by atoms with Crippen molar-refractivity contribution >= 4 is 0 Å². The summed E-state index contributed by atoms with van der Waals surface area (Å²) in [5.41, 5.74) is 4.18. The number of benzene rings is 2. The van der Waals surface area contributed by atoms with Crippen molar-refractivity contribution in [3.63, 3.8) is 0 Å². The molecule has 1 unspecified atom stereocenters. The highest BCUT2D eigenvalue weighted by Crippen LogP contribution is 2.45. The van der Waals surface area contributed by atoms with Gasteiger partial charge in [-0.1, -0.05) is 65.9 Å². The molecule has 0 radical (unpaired) electrons. The van der Waals surface area contributed by atoms with Gasteiger partial charge in [0.1, 0.15) is 5.69 Å². The van der Waals surface area contributed by atoms with Gasteiger partial charge in [-0.15, -0.1) is 5.10 Å². The maximum Gasteiger partial charge on any atom is 0.158 e. The third-order valence-electron chi connectivity index (χ3n) is 5.94. The molecule has 0 bridgehead atoms. The Bertz CT molecular complexity index is 929. The predicted molar refractivity (Wildman–Crippen MR) is 112 cm³/mol. The highest BCUT2D eigenvalue weighted by Gasteiger charge is 2.46. The van der Waals surface area contributed by atoms with Crippen LogP contribution in [0.25, 0.3) is 22.5 Å². The Kier molecular flexibility index (Phi) is 5.17. The largest absolute Gasteiger partial charge is 0.353 e. The van der Waals surface area contributed by atoms with Gasteiger partial charge in [0.15, 0.2) is 6.29 Å². The molecule has 1 aliphatic carbocycles. The SMILES string of the molecule is c1ccc(-c2nnn(CCC3(OC4CCCCO4)CC3)c2-c2ccccc2)cc1. The van der Waals surface area contributed by atoms with E-state index in [1.54, 1.807) is 0 Å². The van der Waals surface area contributed by atoms with E-state index in [0.717, 1.165) is 67.8 Å². The lowest BCUT2D eigenvalue weighted by Crippen LogP contribution is -2.30. The van der Waals surface area contributed by atoms with Gasteiger partial charge in [-0.3, -0.25) is 0 Å². The minimum atomic E-state index is -0.0468. The van der Waals surface area contributed by atoms with Crippen molar-refractivity contribution in [3.05, 3.63) is 60.7 Å². The lowest BCUT2D eigenvalue weighted by Gasteiger charge is -2.28. The first-order valence-electron chi connectivity index (χ1n) is 10.7. The third-order valence-corrected chi connectivity index (χ3v) is 5.94. The zero-order chi connectivity index (χ0) is 19.5. The molecule has 2 aromatic carbocycles. The van der Waals surface area contributed by atoms with Crippen molar-refractivity contribution < 1.29 is 9.47 Å². The molecule has 3 aromatic rings. The van der Waals surface area contributed by atoms with Crippen LogP contribution in [0.15, 0.2) is 60.7 Å². The lowest BCUT2D eigenvalue weighted by atomic mass is 10.0. The van der Waals surface area contributed by atoms with Gasteiger partial charge in [0, 0.05) is 24.3 Å². The number of hydrogen-bond acceptors (Lipinski definition) is 4. The number of hydrogen-bond donors (Lipinski definition) is 0. The van der Waals surface area contributed by atoms with Gasteiger partial charge in [-0.25, -0.2) is 4.68 Å². The standard InChI is InChI=1S/C24H27N3O2/c1-3-9-19(10-4-1)22-23(20-11-5-2-6-12-20)27(26-25-22)17-16-24(14-15-24)29-21-13-7-8-18-28-21/h1-6,9-12,21H,7-8,13-18H2. The molecule has 0 amide bonds. The summed E-state index contributed by atoms with van der Waals surface area (Å²) in [4.78, 5) is 0. The van der Waals surface area contributed by atoms with Crippen LogP contribution in [0.5, 0.6) is 0 Å². The van der Waals surface area contributed by atoms with Crippen molar-refractivity contribution in [2.75, 3.05) is 6.61 Å². The monoisotopic (exact) mass is 389 g/mol. The maximum atomic E-state index is 6.36. The van der Waals surface area contributed by atoms with Crippen LogP contribution in [0, 0.1) is 0 Å². The van der Waals surface area contributed by atoms with Crippen molar-refractivity contribution in [2.45, 2.75) is 57.0 Å². The molecule has 1 atom stereocenters. The van der Waals surface area contributed by atoms with Gasteiger partial charge in [-0.2, -0.15) is 0 Å². The highest BCUT2D eigenvalue weighted by molar-refractivity contribution is 5.77. The molecule has 1 aromatic heterocycles. The predicted octanol–water partition coefficient (Wildman–Crippen LogP) is 5.08. The zero-order valence-corrected chi connectivity index (χ0v) is 16.7. The second kappa shape index (κ2) is 8.09. The molecule has 29 heavy (non-hydrogen) atoms. The molecule has 2 heterocycles. The summed E-state index contributed by atoms with van der Waals surface area (Å²) in [6.45, 7) is 1.61. The minimum absolute atomic E-state index is 0.0320. The first-order valence-corrected chi connectivity index (χ1v) is 10.7. The Balaban J connectivity index is 1.38. The van der Waals surface area contributed by atoms with Crippen LogP contribution in [0.3, 0.4) is 0 Å². The second-order valence-corrected chi connectivity index (χ2v) is 8.09. The number of ether oxygens (including phenoxy) is 2. The Morgan fingerprint density at radius 1 is 0.966 bits per heavy atom. The van der Waals surface area contributed by atoms with E-state index in [-0.39, 0.29) is 11.9 Å². The van der Waals surface area contributed by atoms with Crippen LogP contribution in [0.4, 0.5) is 0 Å². The molecular weight excluding hydrogens is 362 g/mol. The van der Waals surface area contributed by atoms with Crippen LogP contribution in [-0.2, 0) is 16.0 Å². The summed E-state index contributed by atoms with van der Waals surface area (Å²) in [6.07, 6.45) is 6.47. The van der Waals surface area contributed by atoms with E-state index in [2.05, 4.69) is 46.7 Å². The normalized spacial score (nSPS) is 20.5. The fourth-order valence-corrected chi connectivity index (χ4v) is 4.10. The molecule has 0 N–H and O–H groups in total. The van der Waals surface area contributed by atoms with Crippen LogP contribution < -0.4 is 0 Å². The van der Waals surface area contributed by atoms with E-state index < -0.39 is 0 Å². The Labute approximate surface area is 171 Å². The van der Waals surface area contributed by atoms with E-state index in [0.29, 0.717) is 0 Å². The average molecular weight is 389 g/mol. The third kappa shape index (κ3) is 4.11. The highest BCUT2D eigenvalue weighted by atomic mass is 16.7. The van der Waals surface area contributed by atoms with Crippen molar-refractivity contribution in [3.8, 4) is 22.5 Å². The van der Waals surface area contributed by atoms with Gasteiger partial charge in [0.05, 0.1) is 11.3 Å². The van der Waals surface area contributed by atoms with Crippen molar-refractivity contribution in [2.24, 2.45) is 0 Å². The van der Waals surface area contributed by atoms with Gasteiger partial charge >= 0.3 is 0 Å². The zero-order valence-electron chi connectivity index (χ0n) is 16.7. The number of rotatable bonds is 7. The van der Waals surface area contributed by atoms with Crippen LogP contribution >= 0.6 is 0 Å². The smallest absolute Gasteiger partial charge is 0.158 e. The lowest BCUT2D eigenvalue weighted by molar-refractivity contribution is -0.198. The van der Waals surface area contributed by atoms with Crippen molar-refractivity contribution in [1.82, 2.24) is 15.0 Å². The van der Waals surface area contributed by atoms with E-state index in [1.807, 2.05) is 28.9 Å². The summed E-state index contributed by atoms with van der Waals surface area (Å²) < 4.78 is 14.2. The van der Waals surface area contributed by atoms with Gasteiger partial charge in [-0.05, 0) is 38.5 Å². The Morgan fingerprint density at radius 3 is 2.34 bits per heavy atom. The van der Waals surface area contributed by atoms with E-state index in [1.165, 1.54) is 6.42 Å². The van der Waals surface area contributed by atoms with Gasteiger partial charge < -0.3 is 9.47 Å². The molecule has 5 rings (SSSR count). The van der Waals surface area contributed by atoms with Crippen LogP contribution in [0.2, 0.25) is 0 Å². The molecule has 2 fully saturated rings. The van der Waals surface area contributed by atoms with E-state index in [9.17, 15) is 0 Å². The molecule has 1 saturated carbocycles. The summed E-state index contributed by atoms with van der Waals surface area (Å²) in [6, 6.07) is 20.7. The molecule has 0 spiro atoms. The topological polar surface area (TPSA) is 49.2 Å². The number of aryl methyl sites for hydroxylation is 1. The maximum absolute atomic E-state index is 6.36. The molecule has 2 aliphatic rings. The Hall–Kier alpha value is -2.50. The fourth-order valence-electron chi connectivity index (χ4n) is 4.10. The molecule has 5 nitrogen and oxygen atoms in total. The summed E-state index contributed by atoms with van der Waals surface area (Å²) in [5.74, 6) is 0. The molecule has 150 valence electrons. The van der Waals surface area contributed by atoms with E-state index >= 15 is 0 Å². The summed E-state index contributed by atoms with van der Waals surface area (Å²) in [7, 11) is 0. The fraction of sp³-hybridized carbons (Fsp3) is 0.417. The first-order chi connectivity index (χ1) is 14.3. The quantitative estimate of drug-likeness (QED) is 0.565. The van der Waals surface area contributed by atoms with Crippen LogP contribution in [0.1, 0.15) is 38.5 Å². The first kappa shape index (κ1) is 18.5. The van der Waals surface area contributed by atoms with Gasteiger partial charge in [0.25, 0.3) is 0 Å². The second-order valence-electron chi connectivity index (χ2n) is 8.09. The summed E-state index contributed by atoms with van der Waals surface area (Å²) >= 11 is 0. The molecule has 1 saturated heterocycles. The number of nitrogens with zero attached hydrogens (tertiary/aromatic N) is 3. The molecular formula is C24H27N3O2. The molecule has 1 aliphatic heterocycles. The molecule has 5 heteroatoms. The van der Waals surface area contributed by atoms with Gasteiger partial charge in [0.2, 0.25) is 0 Å². The number of aromatic nitrogens is 3. The summed E-state index contributed by atoms with van der Waals surface area (Å²) in [5, 5.41) is 9.07. The Morgan fingerprint density at radius 2 is 1.69 bits per heavy atom. The average Bonchev–Trinajstić information content (AvgIpc) is 3.41. The van der Waals surface area contributed by atoms with Crippen molar-refractivity contribution in [1.29, 1.82) is 0 Å². The van der Waals surface area contributed by atoms with E-state index in [4.69, 9.17) is 9.47 Å². The van der Waals surface area contributed by atoms with Crippen LogP contribution in [-0.4, -0.2) is 33.5 Å².